The fourth-order valence-corrected chi connectivity index (χ4v) is 1.42. The fourth-order valence-electron chi connectivity index (χ4n) is 1.24. The molecule has 2 aromatic heterocycles. The van der Waals surface area contributed by atoms with Crippen molar-refractivity contribution >= 4 is 69.0 Å². The van der Waals surface area contributed by atoms with E-state index < -0.39 is 11.9 Å². The minimum atomic E-state index is -1.23. The Kier molecular flexibility index (Phi) is 5.76. The number of carboxylic acid groups (broad SMARTS) is 1. The monoisotopic (exact) mass is 293 g/mol. The van der Waals surface area contributed by atoms with Crippen LogP contribution in [0.1, 0.15) is 10.5 Å². The number of aromatic nitrogens is 3. The van der Waals surface area contributed by atoms with Gasteiger partial charge in [0.05, 0.1) is 5.69 Å². The molecule has 0 fully saturated rings. The van der Waals surface area contributed by atoms with Gasteiger partial charge in [-0.2, -0.15) is 4.39 Å². The second kappa shape index (κ2) is 6.64. The molecule has 0 atom stereocenters. The zero-order chi connectivity index (χ0) is 12.4. The van der Waals surface area contributed by atoms with Crippen molar-refractivity contribution in [1.29, 1.82) is 0 Å². The minimum absolute atomic E-state index is 0. The molecule has 88 valence electrons. The van der Waals surface area contributed by atoms with Gasteiger partial charge in [0.2, 0.25) is 11.2 Å². The Balaban J connectivity index is 0.00000162. The number of halogens is 2. The van der Waals surface area contributed by atoms with Crippen molar-refractivity contribution in [3.63, 3.8) is 0 Å². The molecule has 1 N–H and O–H groups in total. The number of pyridine rings is 1. The Bertz CT molecular complexity index is 597. The predicted octanol–water partition coefficient (Wildman–Crippen LogP) is 1.38. The molecule has 2 rings (SSSR count). The predicted molar refractivity (Wildman–Crippen MR) is 64.3 cm³/mol. The van der Waals surface area contributed by atoms with E-state index in [9.17, 15) is 9.18 Å². The van der Waals surface area contributed by atoms with Gasteiger partial charge in [-0.25, -0.2) is 19.7 Å². The summed E-state index contributed by atoms with van der Waals surface area (Å²) in [6.45, 7) is 0. The zero-order valence-electron chi connectivity index (χ0n) is 8.26. The summed E-state index contributed by atoms with van der Waals surface area (Å²) in [5, 5.41) is 8.59. The molecule has 0 saturated heterocycles. The van der Waals surface area contributed by atoms with Crippen LogP contribution in [0.15, 0.2) is 24.4 Å². The van der Waals surface area contributed by atoms with E-state index in [0.29, 0.717) is 5.56 Å². The summed E-state index contributed by atoms with van der Waals surface area (Å²) < 4.78 is 12.9. The van der Waals surface area contributed by atoms with Gasteiger partial charge in [-0.1, -0.05) is 0 Å². The van der Waals surface area contributed by atoms with Crippen molar-refractivity contribution in [2.75, 3.05) is 0 Å². The third kappa shape index (κ3) is 3.77. The van der Waals surface area contributed by atoms with Crippen molar-refractivity contribution < 1.29 is 14.3 Å². The van der Waals surface area contributed by atoms with Crippen molar-refractivity contribution in [3.8, 4) is 11.3 Å². The van der Waals surface area contributed by atoms with E-state index in [1.807, 2.05) is 0 Å². The van der Waals surface area contributed by atoms with E-state index in [-0.39, 0.29) is 68.1 Å². The Labute approximate surface area is 149 Å². The van der Waals surface area contributed by atoms with Crippen LogP contribution >= 0.6 is 11.6 Å². The van der Waals surface area contributed by atoms with E-state index in [1.54, 1.807) is 0 Å². The van der Waals surface area contributed by atoms with Gasteiger partial charge >= 0.3 is 57.4 Å². The van der Waals surface area contributed by atoms with Crippen molar-refractivity contribution in [3.05, 3.63) is 41.3 Å². The molecule has 18 heavy (non-hydrogen) atoms. The zero-order valence-corrected chi connectivity index (χ0v) is 9.02. The quantitative estimate of drug-likeness (QED) is 0.514. The first kappa shape index (κ1) is 15.6. The van der Waals surface area contributed by atoms with Gasteiger partial charge in [-0.05, 0) is 23.7 Å². The van der Waals surface area contributed by atoms with Gasteiger partial charge < -0.3 is 5.11 Å². The van der Waals surface area contributed by atoms with E-state index >= 15 is 0 Å². The first-order valence-electron chi connectivity index (χ1n) is 4.46. The number of carbonyl (C=O) groups is 1. The molecule has 0 aliphatic rings. The van der Waals surface area contributed by atoms with Crippen LogP contribution in [0, 0.1) is 5.95 Å². The summed E-state index contributed by atoms with van der Waals surface area (Å²) in [4.78, 5) is 21.5. The van der Waals surface area contributed by atoms with Gasteiger partial charge in [0.25, 0.3) is 0 Å². The van der Waals surface area contributed by atoms with Crippen LogP contribution in [-0.4, -0.2) is 77.4 Å². The van der Waals surface area contributed by atoms with Crippen molar-refractivity contribution in [1.82, 2.24) is 15.0 Å². The van der Waals surface area contributed by atoms with E-state index in [1.165, 1.54) is 18.3 Å². The van der Waals surface area contributed by atoms with Crippen molar-refractivity contribution in [2.24, 2.45) is 0 Å². The summed E-state index contributed by atoms with van der Waals surface area (Å²) in [5.74, 6) is -1.92. The molecule has 0 aromatic carbocycles. The van der Waals surface area contributed by atoms with E-state index in [0.717, 1.165) is 6.07 Å². The maximum atomic E-state index is 12.9. The average molecular weight is 294 g/mol. The third-order valence-corrected chi connectivity index (χ3v) is 2.11. The molecule has 0 aliphatic heterocycles. The van der Waals surface area contributed by atoms with Crippen LogP contribution in [0.5, 0.6) is 0 Å². The Morgan fingerprint density at radius 2 is 2.06 bits per heavy atom. The summed E-state index contributed by atoms with van der Waals surface area (Å²) >= 11 is 5.59. The molecular weight excluding hydrogens is 288 g/mol. The number of carboxylic acids is 1. The van der Waals surface area contributed by atoms with Crippen LogP contribution in [0.3, 0.4) is 0 Å². The molecule has 0 saturated carbocycles. The number of rotatable bonds is 2. The Hall–Kier alpha value is -0.444. The van der Waals surface area contributed by atoms with E-state index in [2.05, 4.69) is 15.0 Å². The van der Waals surface area contributed by atoms with Crippen LogP contribution in [0.4, 0.5) is 4.39 Å². The maximum absolute atomic E-state index is 12.9. The molecule has 2 aromatic rings. The van der Waals surface area contributed by atoms with Crippen LogP contribution in [0.2, 0.25) is 5.28 Å². The summed E-state index contributed by atoms with van der Waals surface area (Å²) in [5.41, 5.74) is 0.352. The molecule has 0 amide bonds. The van der Waals surface area contributed by atoms with Crippen LogP contribution in [0.25, 0.3) is 11.3 Å². The molecule has 0 radical (unpaired) electrons. The second-order valence-corrected chi connectivity index (χ2v) is 3.42. The molecular formula is C10H6ClFKN3O2. The average Bonchev–Trinajstić information content (AvgIpc) is 2.28. The van der Waals surface area contributed by atoms with Gasteiger partial charge in [0.15, 0.2) is 5.69 Å². The summed E-state index contributed by atoms with van der Waals surface area (Å²) in [7, 11) is 0. The molecule has 0 spiro atoms. The number of hydrogen-bond acceptors (Lipinski definition) is 4. The van der Waals surface area contributed by atoms with Gasteiger partial charge in [-0.15, -0.1) is 0 Å². The first-order chi connectivity index (χ1) is 8.06. The van der Waals surface area contributed by atoms with E-state index in [4.69, 9.17) is 16.7 Å². The molecule has 5 nitrogen and oxygen atoms in total. The van der Waals surface area contributed by atoms with Gasteiger partial charge in [0, 0.05) is 17.8 Å². The third-order valence-electron chi connectivity index (χ3n) is 1.94. The van der Waals surface area contributed by atoms with Gasteiger partial charge in [-0.3, -0.25) is 0 Å². The molecule has 0 bridgehead atoms. The topological polar surface area (TPSA) is 76.0 Å². The SMILES string of the molecule is O=C(O)c1cc(-c2ccnc(F)c2)nc(Cl)n1.[KH]. The molecule has 8 heteroatoms. The number of hydrogen-bond donors (Lipinski definition) is 1. The standard InChI is InChI=1S/C10H5ClFN3O2.K.H/c11-10-14-6(4-7(15-10)9(16)17)5-1-2-13-8(12)3-5;;/h1-4H,(H,16,17);;. The molecule has 0 unspecified atom stereocenters. The normalized spacial score (nSPS) is 9.67. The molecule has 2 heterocycles. The molecule has 0 aliphatic carbocycles. The first-order valence-corrected chi connectivity index (χ1v) is 4.84. The van der Waals surface area contributed by atoms with Gasteiger partial charge in [0.1, 0.15) is 0 Å². The Morgan fingerprint density at radius 3 is 2.67 bits per heavy atom. The van der Waals surface area contributed by atoms with Crippen LogP contribution < -0.4 is 0 Å². The fraction of sp³-hybridized carbons (Fsp3) is 0. The Morgan fingerprint density at radius 1 is 1.33 bits per heavy atom. The summed E-state index contributed by atoms with van der Waals surface area (Å²) in [6.07, 6.45) is 1.25. The van der Waals surface area contributed by atoms with Crippen molar-refractivity contribution in [2.45, 2.75) is 0 Å². The second-order valence-electron chi connectivity index (χ2n) is 3.08. The van der Waals surface area contributed by atoms with Crippen LogP contribution in [-0.2, 0) is 0 Å². The summed E-state index contributed by atoms with van der Waals surface area (Å²) in [6, 6.07) is 3.83. The number of nitrogens with zero attached hydrogens (tertiary/aromatic N) is 3. The number of aromatic carboxylic acids is 1.